The molecule has 0 bridgehead atoms. The highest BCUT2D eigenvalue weighted by molar-refractivity contribution is 5.85. The smallest absolute Gasteiger partial charge is 0.170 e. The molecule has 1 atom stereocenters. The summed E-state index contributed by atoms with van der Waals surface area (Å²) >= 11 is 0. The van der Waals surface area contributed by atoms with E-state index in [9.17, 15) is 0 Å². The van der Waals surface area contributed by atoms with E-state index in [1.54, 1.807) is 0 Å². The Hall–Kier alpha value is -2.24. The number of ether oxygens (including phenoxy) is 2. The summed E-state index contributed by atoms with van der Waals surface area (Å²) in [6.45, 7) is 8.80. The second-order valence-electron chi connectivity index (χ2n) is 8.47. The minimum atomic E-state index is 0. The fourth-order valence-corrected chi connectivity index (χ4v) is 4.06. The zero-order valence-corrected chi connectivity index (χ0v) is 20.9. The van der Waals surface area contributed by atoms with Crippen molar-refractivity contribution in [3.05, 3.63) is 84.4 Å². The van der Waals surface area contributed by atoms with Gasteiger partial charge in [0, 0.05) is 32.2 Å². The van der Waals surface area contributed by atoms with Crippen LogP contribution in [0.25, 0.3) is 0 Å². The molecule has 6 heteroatoms. The summed E-state index contributed by atoms with van der Waals surface area (Å²) in [5, 5.41) is 3.47. The predicted octanol–water partition coefficient (Wildman–Crippen LogP) is 7.11. The Morgan fingerprint density at radius 3 is 1.85 bits per heavy atom. The number of halogens is 2. The summed E-state index contributed by atoms with van der Waals surface area (Å²) < 4.78 is 12.5. The number of benzene rings is 3. The van der Waals surface area contributed by atoms with E-state index in [1.165, 1.54) is 5.56 Å². The van der Waals surface area contributed by atoms with Crippen molar-refractivity contribution < 1.29 is 9.47 Å². The van der Waals surface area contributed by atoms with Crippen LogP contribution in [0.5, 0.6) is 23.0 Å². The van der Waals surface area contributed by atoms with Crippen LogP contribution in [-0.4, -0.2) is 31.1 Å². The summed E-state index contributed by atoms with van der Waals surface area (Å²) in [5.74, 6) is 3.69. The summed E-state index contributed by atoms with van der Waals surface area (Å²) in [6.07, 6.45) is 1.11. The van der Waals surface area contributed by atoms with Crippen molar-refractivity contribution >= 4 is 24.8 Å². The summed E-state index contributed by atoms with van der Waals surface area (Å²) in [6, 6.07) is 26.6. The van der Waals surface area contributed by atoms with Crippen LogP contribution >= 0.6 is 24.8 Å². The normalized spacial score (nSPS) is 14.6. The molecule has 1 aliphatic heterocycles. The highest BCUT2D eigenvalue weighted by Gasteiger charge is 2.24. The van der Waals surface area contributed by atoms with E-state index in [0.717, 1.165) is 55.6 Å². The molecule has 1 fully saturated rings. The maximum Gasteiger partial charge on any atom is 0.170 e. The highest BCUT2D eigenvalue weighted by atomic mass is 35.5. The van der Waals surface area contributed by atoms with Crippen LogP contribution in [0.4, 0.5) is 0 Å². The quantitative estimate of drug-likeness (QED) is 0.366. The van der Waals surface area contributed by atoms with Gasteiger partial charge in [0.05, 0.1) is 0 Å². The molecular weight excluding hydrogens is 455 g/mol. The molecule has 1 aliphatic rings. The van der Waals surface area contributed by atoms with Gasteiger partial charge >= 0.3 is 0 Å². The monoisotopic (exact) mass is 488 g/mol. The fraction of sp³-hybridized carbons (Fsp3) is 0.333. The number of para-hydroxylation sites is 2. The Balaban J connectivity index is 0.00000193. The van der Waals surface area contributed by atoms with Gasteiger partial charge in [-0.3, -0.25) is 4.90 Å². The molecule has 178 valence electrons. The minimum Gasteiger partial charge on any atom is -0.453 e. The van der Waals surface area contributed by atoms with E-state index >= 15 is 0 Å². The van der Waals surface area contributed by atoms with Gasteiger partial charge in [0.15, 0.2) is 11.5 Å². The van der Waals surface area contributed by atoms with Gasteiger partial charge in [-0.05, 0) is 54.3 Å². The first-order valence-electron chi connectivity index (χ1n) is 11.2. The molecule has 4 nitrogen and oxygen atoms in total. The second-order valence-corrected chi connectivity index (χ2v) is 8.47. The average molecular weight is 489 g/mol. The summed E-state index contributed by atoms with van der Waals surface area (Å²) in [7, 11) is 0. The van der Waals surface area contributed by atoms with Gasteiger partial charge < -0.3 is 14.8 Å². The van der Waals surface area contributed by atoms with E-state index in [0.29, 0.717) is 12.0 Å². The lowest BCUT2D eigenvalue weighted by Crippen LogP contribution is -2.45. The molecule has 1 N–H and O–H groups in total. The Morgan fingerprint density at radius 2 is 1.30 bits per heavy atom. The second kappa shape index (κ2) is 13.5. The average Bonchev–Trinajstić information content (AvgIpc) is 2.80. The van der Waals surface area contributed by atoms with Gasteiger partial charge in [-0.1, -0.05) is 56.3 Å². The predicted molar refractivity (Wildman–Crippen MR) is 141 cm³/mol. The molecule has 0 unspecified atom stereocenters. The molecule has 0 radical (unpaired) electrons. The van der Waals surface area contributed by atoms with Crippen molar-refractivity contribution in [1.29, 1.82) is 0 Å². The summed E-state index contributed by atoms with van der Waals surface area (Å²) in [5.41, 5.74) is 1.28. The third-order valence-corrected chi connectivity index (χ3v) is 5.58. The molecule has 0 aliphatic carbocycles. The molecule has 1 heterocycles. The number of hydrogen-bond acceptors (Lipinski definition) is 4. The molecule has 0 aromatic heterocycles. The minimum absolute atomic E-state index is 0. The third kappa shape index (κ3) is 7.65. The van der Waals surface area contributed by atoms with Crippen LogP contribution in [0, 0.1) is 5.92 Å². The van der Waals surface area contributed by atoms with Crippen molar-refractivity contribution in [1.82, 2.24) is 10.2 Å². The fourth-order valence-electron chi connectivity index (χ4n) is 4.06. The van der Waals surface area contributed by atoms with Gasteiger partial charge in [0.2, 0.25) is 0 Å². The van der Waals surface area contributed by atoms with Crippen molar-refractivity contribution in [2.45, 2.75) is 26.3 Å². The SMILES string of the molecule is CC(C)C[C@H](c1ccc(Oc2ccccc2)c(Oc2ccccc2)c1)N1CCNCC1.Cl.Cl. The van der Waals surface area contributed by atoms with Gasteiger partial charge in [0.25, 0.3) is 0 Å². The number of nitrogens with one attached hydrogen (secondary N) is 1. The van der Waals surface area contributed by atoms with E-state index in [1.807, 2.05) is 60.7 Å². The standard InChI is InChI=1S/C27H32N2O2.2ClH/c1-21(2)19-25(29-17-15-28-16-18-29)22-13-14-26(30-23-9-5-3-6-10-23)27(20-22)31-24-11-7-4-8-12-24;;/h3-14,20-21,25,28H,15-19H2,1-2H3;2*1H/t25-;;/m1../s1. The lowest BCUT2D eigenvalue weighted by molar-refractivity contribution is 0.154. The van der Waals surface area contributed by atoms with Crippen LogP contribution in [-0.2, 0) is 0 Å². The van der Waals surface area contributed by atoms with Crippen molar-refractivity contribution in [2.75, 3.05) is 26.2 Å². The van der Waals surface area contributed by atoms with Crippen LogP contribution in [0.15, 0.2) is 78.9 Å². The first-order chi connectivity index (χ1) is 15.2. The van der Waals surface area contributed by atoms with Gasteiger partial charge in [-0.2, -0.15) is 0 Å². The Morgan fingerprint density at radius 1 is 0.758 bits per heavy atom. The molecule has 33 heavy (non-hydrogen) atoms. The van der Waals surface area contributed by atoms with Gasteiger partial charge in [-0.15, -0.1) is 24.8 Å². The van der Waals surface area contributed by atoms with E-state index in [4.69, 9.17) is 9.47 Å². The first kappa shape index (κ1) is 27.0. The molecular formula is C27H34Cl2N2O2. The summed E-state index contributed by atoms with van der Waals surface area (Å²) in [4.78, 5) is 2.59. The van der Waals surface area contributed by atoms with Crippen LogP contribution < -0.4 is 14.8 Å². The van der Waals surface area contributed by atoms with Gasteiger partial charge in [0.1, 0.15) is 11.5 Å². The van der Waals surface area contributed by atoms with E-state index in [2.05, 4.69) is 42.3 Å². The maximum absolute atomic E-state index is 6.31. The van der Waals surface area contributed by atoms with Crippen molar-refractivity contribution in [3.8, 4) is 23.0 Å². The zero-order valence-electron chi connectivity index (χ0n) is 19.3. The van der Waals surface area contributed by atoms with E-state index < -0.39 is 0 Å². The number of rotatable bonds is 8. The molecule has 3 aromatic rings. The van der Waals surface area contributed by atoms with E-state index in [-0.39, 0.29) is 24.8 Å². The first-order valence-corrected chi connectivity index (χ1v) is 11.2. The molecule has 1 saturated heterocycles. The lowest BCUT2D eigenvalue weighted by Gasteiger charge is -2.36. The van der Waals surface area contributed by atoms with Gasteiger partial charge in [-0.25, -0.2) is 0 Å². The van der Waals surface area contributed by atoms with Crippen LogP contribution in [0.2, 0.25) is 0 Å². The third-order valence-electron chi connectivity index (χ3n) is 5.58. The number of hydrogen-bond donors (Lipinski definition) is 1. The molecule has 4 rings (SSSR count). The molecule has 0 saturated carbocycles. The molecule has 0 spiro atoms. The molecule has 3 aromatic carbocycles. The highest BCUT2D eigenvalue weighted by Crippen LogP contribution is 2.39. The largest absolute Gasteiger partial charge is 0.453 e. The Kier molecular flexibility index (Phi) is 11.0. The lowest BCUT2D eigenvalue weighted by atomic mass is 9.94. The maximum atomic E-state index is 6.31. The number of nitrogens with zero attached hydrogens (tertiary/aromatic N) is 1. The zero-order chi connectivity index (χ0) is 21.5. The van der Waals surface area contributed by atoms with Crippen molar-refractivity contribution in [2.24, 2.45) is 5.92 Å². The topological polar surface area (TPSA) is 33.7 Å². The van der Waals surface area contributed by atoms with Crippen LogP contribution in [0.3, 0.4) is 0 Å². The van der Waals surface area contributed by atoms with Crippen molar-refractivity contribution in [3.63, 3.8) is 0 Å². The number of piperazine rings is 1. The Labute approximate surface area is 210 Å². The van der Waals surface area contributed by atoms with Crippen LogP contribution in [0.1, 0.15) is 31.9 Å². The Bertz CT molecular complexity index is 949. The molecule has 0 amide bonds.